The minimum atomic E-state index is -1.30. The highest BCUT2D eigenvalue weighted by Crippen LogP contribution is 2.11. The number of carbonyl (C=O) groups is 2. The molecule has 0 aromatic rings. The number of aliphatic hydroxyl groups is 1. The molecule has 0 bridgehead atoms. The minimum Gasteiger partial charge on any atom is -0.465 e. The standard InChI is InChI=1S/C5H7NO5/c7-3-1-2(4(8)11-3)6-5(9)10/h2-3,6-7H,1H2,(H,9,10)/t2?,3-/m1/s1. The Labute approximate surface area is 61.8 Å². The molecular weight excluding hydrogens is 154 g/mol. The maximum Gasteiger partial charge on any atom is 0.405 e. The monoisotopic (exact) mass is 161 g/mol. The van der Waals surface area contributed by atoms with Gasteiger partial charge in [-0.3, -0.25) is 0 Å². The topological polar surface area (TPSA) is 95.9 Å². The molecule has 1 unspecified atom stereocenters. The summed E-state index contributed by atoms with van der Waals surface area (Å²) in [5.41, 5.74) is 0. The van der Waals surface area contributed by atoms with Crippen LogP contribution in [0.2, 0.25) is 0 Å². The molecule has 3 N–H and O–H groups in total. The predicted octanol–water partition coefficient (Wildman–Crippen LogP) is -1.11. The fourth-order valence-corrected chi connectivity index (χ4v) is 0.829. The van der Waals surface area contributed by atoms with Crippen molar-refractivity contribution >= 4 is 12.1 Å². The first-order valence-corrected chi connectivity index (χ1v) is 2.97. The molecule has 1 aliphatic rings. The van der Waals surface area contributed by atoms with Crippen LogP contribution in [0.25, 0.3) is 0 Å². The third kappa shape index (κ3) is 1.81. The van der Waals surface area contributed by atoms with E-state index in [1.165, 1.54) is 0 Å². The zero-order chi connectivity index (χ0) is 8.43. The Kier molecular flexibility index (Phi) is 1.95. The van der Waals surface area contributed by atoms with Gasteiger partial charge in [0.1, 0.15) is 6.04 Å². The molecule has 11 heavy (non-hydrogen) atoms. The lowest BCUT2D eigenvalue weighted by atomic mass is 10.2. The average Bonchev–Trinajstić information content (AvgIpc) is 2.09. The predicted molar refractivity (Wildman–Crippen MR) is 31.7 cm³/mol. The first-order chi connectivity index (χ1) is 5.09. The van der Waals surface area contributed by atoms with Crippen LogP contribution in [0.15, 0.2) is 0 Å². The van der Waals surface area contributed by atoms with E-state index in [0.717, 1.165) is 0 Å². The van der Waals surface area contributed by atoms with Crippen LogP contribution in [0, 0.1) is 0 Å². The van der Waals surface area contributed by atoms with E-state index in [-0.39, 0.29) is 6.42 Å². The number of hydrogen-bond acceptors (Lipinski definition) is 4. The van der Waals surface area contributed by atoms with Crippen molar-refractivity contribution in [1.29, 1.82) is 0 Å². The Morgan fingerprint density at radius 2 is 2.36 bits per heavy atom. The lowest BCUT2D eigenvalue weighted by Gasteiger charge is -2.02. The van der Waals surface area contributed by atoms with E-state index in [9.17, 15) is 9.59 Å². The summed E-state index contributed by atoms with van der Waals surface area (Å²) >= 11 is 0. The first-order valence-electron chi connectivity index (χ1n) is 2.97. The van der Waals surface area contributed by atoms with Crippen LogP contribution < -0.4 is 5.32 Å². The molecule has 1 heterocycles. The van der Waals surface area contributed by atoms with Gasteiger partial charge in [-0.25, -0.2) is 9.59 Å². The van der Waals surface area contributed by atoms with Gasteiger partial charge in [0.2, 0.25) is 6.29 Å². The lowest BCUT2D eigenvalue weighted by Crippen LogP contribution is -2.36. The molecule has 0 saturated carbocycles. The average molecular weight is 161 g/mol. The number of esters is 1. The molecule has 0 radical (unpaired) electrons. The molecule has 0 aromatic heterocycles. The highest BCUT2D eigenvalue weighted by atomic mass is 16.6. The molecule has 0 aliphatic carbocycles. The Balaban J connectivity index is 2.47. The maximum atomic E-state index is 10.6. The van der Waals surface area contributed by atoms with Crippen molar-refractivity contribution in [1.82, 2.24) is 5.32 Å². The second-order valence-corrected chi connectivity index (χ2v) is 2.13. The molecule has 1 rings (SSSR count). The quantitative estimate of drug-likeness (QED) is 0.424. The third-order valence-electron chi connectivity index (χ3n) is 1.27. The number of hydrogen-bond donors (Lipinski definition) is 3. The molecule has 0 spiro atoms. The maximum absolute atomic E-state index is 10.6. The number of carboxylic acid groups (broad SMARTS) is 1. The molecule has 6 nitrogen and oxygen atoms in total. The van der Waals surface area contributed by atoms with Crippen molar-refractivity contribution in [2.45, 2.75) is 18.8 Å². The normalized spacial score (nSPS) is 29.7. The Bertz CT molecular complexity index is 191. The van der Waals surface area contributed by atoms with E-state index in [1.54, 1.807) is 0 Å². The lowest BCUT2D eigenvalue weighted by molar-refractivity contribution is -0.154. The van der Waals surface area contributed by atoms with Crippen LogP contribution in [0.3, 0.4) is 0 Å². The van der Waals surface area contributed by atoms with Crippen molar-refractivity contribution in [3.8, 4) is 0 Å². The zero-order valence-electron chi connectivity index (χ0n) is 5.48. The minimum absolute atomic E-state index is 0.0227. The van der Waals surface area contributed by atoms with Gasteiger partial charge in [0.05, 0.1) is 0 Å². The van der Waals surface area contributed by atoms with E-state index in [1.807, 2.05) is 5.32 Å². The van der Waals surface area contributed by atoms with Crippen LogP contribution in [-0.4, -0.2) is 34.6 Å². The van der Waals surface area contributed by atoms with Gasteiger partial charge in [-0.15, -0.1) is 0 Å². The highest BCUT2D eigenvalue weighted by Gasteiger charge is 2.34. The summed E-state index contributed by atoms with van der Waals surface area (Å²) in [4.78, 5) is 20.6. The molecule has 1 amide bonds. The van der Waals surface area contributed by atoms with Gasteiger partial charge in [0, 0.05) is 6.42 Å². The summed E-state index contributed by atoms with van der Waals surface area (Å²) in [5, 5.41) is 18.8. The number of cyclic esters (lactones) is 1. The van der Waals surface area contributed by atoms with E-state index < -0.39 is 24.4 Å². The van der Waals surface area contributed by atoms with Crippen LogP contribution in [0.1, 0.15) is 6.42 Å². The highest BCUT2D eigenvalue weighted by molar-refractivity contribution is 5.82. The summed E-state index contributed by atoms with van der Waals surface area (Å²) in [6.07, 6.45) is -2.51. The Morgan fingerprint density at radius 3 is 2.73 bits per heavy atom. The summed E-state index contributed by atoms with van der Waals surface area (Å²) in [6.45, 7) is 0. The largest absolute Gasteiger partial charge is 0.465 e. The SMILES string of the molecule is O=C(O)NC1C[C@H](O)OC1=O. The smallest absolute Gasteiger partial charge is 0.405 e. The molecular formula is C5H7NO5. The second kappa shape index (κ2) is 2.75. The molecule has 2 atom stereocenters. The number of aliphatic hydroxyl groups excluding tert-OH is 1. The summed E-state index contributed by atoms with van der Waals surface area (Å²) in [6, 6.07) is -0.928. The molecule has 62 valence electrons. The van der Waals surface area contributed by atoms with Crippen molar-refractivity contribution in [3.63, 3.8) is 0 Å². The van der Waals surface area contributed by atoms with Gasteiger partial charge >= 0.3 is 12.1 Å². The van der Waals surface area contributed by atoms with Crippen molar-refractivity contribution in [3.05, 3.63) is 0 Å². The van der Waals surface area contributed by atoms with Gasteiger partial charge in [0.15, 0.2) is 0 Å². The van der Waals surface area contributed by atoms with E-state index >= 15 is 0 Å². The van der Waals surface area contributed by atoms with Gasteiger partial charge in [-0.2, -0.15) is 0 Å². The number of amides is 1. The van der Waals surface area contributed by atoms with E-state index in [0.29, 0.717) is 0 Å². The Morgan fingerprint density at radius 1 is 1.73 bits per heavy atom. The van der Waals surface area contributed by atoms with E-state index in [4.69, 9.17) is 10.2 Å². The van der Waals surface area contributed by atoms with Crippen LogP contribution in [-0.2, 0) is 9.53 Å². The van der Waals surface area contributed by atoms with E-state index in [2.05, 4.69) is 4.74 Å². The first kappa shape index (κ1) is 7.80. The van der Waals surface area contributed by atoms with Gasteiger partial charge < -0.3 is 20.3 Å². The fourth-order valence-electron chi connectivity index (χ4n) is 0.829. The molecule has 6 heteroatoms. The zero-order valence-corrected chi connectivity index (χ0v) is 5.48. The Hall–Kier alpha value is -1.30. The molecule has 1 saturated heterocycles. The number of rotatable bonds is 1. The van der Waals surface area contributed by atoms with Crippen molar-refractivity contribution in [2.75, 3.05) is 0 Å². The van der Waals surface area contributed by atoms with Crippen LogP contribution in [0.5, 0.6) is 0 Å². The van der Waals surface area contributed by atoms with Gasteiger partial charge in [0.25, 0.3) is 0 Å². The molecule has 1 fully saturated rings. The number of nitrogens with one attached hydrogen (secondary N) is 1. The van der Waals surface area contributed by atoms with Gasteiger partial charge in [-0.1, -0.05) is 0 Å². The summed E-state index contributed by atoms with van der Waals surface area (Å²) in [5.74, 6) is -0.736. The summed E-state index contributed by atoms with van der Waals surface area (Å²) in [7, 11) is 0. The van der Waals surface area contributed by atoms with Crippen LogP contribution in [0.4, 0.5) is 4.79 Å². The van der Waals surface area contributed by atoms with Gasteiger partial charge in [-0.05, 0) is 0 Å². The molecule has 1 aliphatic heterocycles. The fraction of sp³-hybridized carbons (Fsp3) is 0.600. The number of ether oxygens (including phenoxy) is 1. The second-order valence-electron chi connectivity index (χ2n) is 2.13. The number of carbonyl (C=O) groups excluding carboxylic acids is 1. The summed E-state index contributed by atoms with van der Waals surface area (Å²) < 4.78 is 4.27. The van der Waals surface area contributed by atoms with Crippen molar-refractivity contribution in [2.24, 2.45) is 0 Å². The van der Waals surface area contributed by atoms with Crippen molar-refractivity contribution < 1.29 is 24.5 Å². The third-order valence-corrected chi connectivity index (χ3v) is 1.27. The van der Waals surface area contributed by atoms with Crippen LogP contribution >= 0.6 is 0 Å². The molecule has 0 aromatic carbocycles.